The number of anilines is 3. The minimum atomic E-state index is -2.30. The molecule has 14 heteroatoms. The van der Waals surface area contributed by atoms with Gasteiger partial charge in [-0.05, 0) is 48.4 Å². The summed E-state index contributed by atoms with van der Waals surface area (Å²) >= 11 is 0. The van der Waals surface area contributed by atoms with Gasteiger partial charge in [0.25, 0.3) is 5.69 Å². The van der Waals surface area contributed by atoms with Crippen molar-refractivity contribution in [1.29, 1.82) is 0 Å². The molecule has 2 aromatic carbocycles. The quantitative estimate of drug-likeness (QED) is 0.135. The lowest BCUT2D eigenvalue weighted by atomic mass is 10.1. The van der Waals surface area contributed by atoms with Crippen LogP contribution in [0.1, 0.15) is 24.0 Å². The van der Waals surface area contributed by atoms with Gasteiger partial charge < -0.3 is 30.6 Å². The van der Waals surface area contributed by atoms with Crippen molar-refractivity contribution in [1.82, 2.24) is 9.97 Å². The number of nitrogens with zero attached hydrogens (tertiary/aromatic N) is 4. The summed E-state index contributed by atoms with van der Waals surface area (Å²) in [5, 5.41) is 11.1. The van der Waals surface area contributed by atoms with E-state index < -0.39 is 15.2 Å². The van der Waals surface area contributed by atoms with Crippen LogP contribution in [-0.4, -0.2) is 55.5 Å². The Morgan fingerprint density at radius 3 is 2.31 bits per heavy atom. The SMILES string of the molecule is COc1cc(Cc2cnc(N)nc2N)cc(OC)c1OCCCN(C1=CCC(=S(=O)=O)C=C1)c1ccc([N+](=O)[O-])cc1. The lowest BCUT2D eigenvalue weighted by Crippen LogP contribution is -2.25. The number of nitro benzene ring substituents is 1. The van der Waals surface area contributed by atoms with Gasteiger partial charge in [0, 0.05) is 54.7 Å². The number of benzene rings is 2. The second-order valence-electron chi connectivity index (χ2n) is 9.14. The van der Waals surface area contributed by atoms with Gasteiger partial charge >= 0.3 is 0 Å². The molecule has 1 aliphatic rings. The van der Waals surface area contributed by atoms with E-state index in [0.717, 1.165) is 11.3 Å². The Morgan fingerprint density at radius 1 is 1.07 bits per heavy atom. The number of methoxy groups -OCH3 is 2. The predicted octanol–water partition coefficient (Wildman–Crippen LogP) is 3.33. The molecule has 0 spiro atoms. The zero-order chi connectivity index (χ0) is 30.2. The van der Waals surface area contributed by atoms with Crippen molar-refractivity contribution in [2.24, 2.45) is 0 Å². The minimum Gasteiger partial charge on any atom is -0.493 e. The number of rotatable bonds is 12. The van der Waals surface area contributed by atoms with Crippen LogP contribution in [0, 0.1) is 10.1 Å². The largest absolute Gasteiger partial charge is 0.493 e. The molecule has 0 saturated carbocycles. The molecule has 0 atom stereocenters. The number of hydrogen-bond acceptors (Lipinski definition) is 12. The Hall–Kier alpha value is -5.11. The monoisotopic (exact) mass is 594 g/mol. The highest BCUT2D eigenvalue weighted by Crippen LogP contribution is 2.39. The third kappa shape index (κ3) is 7.14. The van der Waals surface area contributed by atoms with Crippen LogP contribution in [0.15, 0.2) is 66.5 Å². The van der Waals surface area contributed by atoms with Gasteiger partial charge in [0.2, 0.25) is 22.0 Å². The van der Waals surface area contributed by atoms with Crippen molar-refractivity contribution >= 4 is 38.3 Å². The van der Waals surface area contributed by atoms with E-state index in [-0.39, 0.29) is 35.3 Å². The van der Waals surface area contributed by atoms with Crippen LogP contribution < -0.4 is 30.6 Å². The fourth-order valence-corrected chi connectivity index (χ4v) is 4.77. The van der Waals surface area contributed by atoms with Crippen LogP contribution in [0.4, 0.5) is 23.1 Å². The van der Waals surface area contributed by atoms with Crippen molar-refractivity contribution in [3.8, 4) is 17.2 Å². The summed E-state index contributed by atoms with van der Waals surface area (Å²) in [7, 11) is 0.762. The Morgan fingerprint density at radius 2 is 1.76 bits per heavy atom. The minimum absolute atomic E-state index is 0.0261. The second-order valence-corrected chi connectivity index (χ2v) is 10.1. The van der Waals surface area contributed by atoms with Crippen LogP contribution in [0.3, 0.4) is 0 Å². The van der Waals surface area contributed by atoms with Crippen LogP contribution in [0.2, 0.25) is 0 Å². The normalized spacial score (nSPS) is 12.4. The maximum absolute atomic E-state index is 11.3. The molecule has 1 aliphatic carbocycles. The van der Waals surface area contributed by atoms with Crippen molar-refractivity contribution in [3.05, 3.63) is 87.8 Å². The first kappa shape index (κ1) is 29.9. The molecular formula is C28H30N6O7S. The summed E-state index contributed by atoms with van der Waals surface area (Å²) in [6, 6.07) is 9.81. The van der Waals surface area contributed by atoms with Crippen LogP contribution in [0.25, 0.3) is 0 Å². The number of allylic oxidation sites excluding steroid dienone is 3. The molecule has 0 saturated heterocycles. The zero-order valence-electron chi connectivity index (χ0n) is 23.0. The smallest absolute Gasteiger partial charge is 0.269 e. The number of aromatic nitrogens is 2. The fourth-order valence-electron chi connectivity index (χ4n) is 4.37. The standard InChI is InChI=1S/C28H30N6O7S/c1-39-24-15-18(14-19-17-31-28(30)32-27(19)29)16-25(40-2)26(24)41-13-3-12-33(20-4-6-22(7-5-20)34(35)36)21-8-10-23(11-9-21)42(37)38/h4-10,15-17H,3,11-14H2,1-2H3,(H4,29,30,31,32). The third-order valence-corrected chi connectivity index (χ3v) is 7.19. The first-order valence-corrected chi connectivity index (χ1v) is 13.9. The highest BCUT2D eigenvalue weighted by Gasteiger charge is 2.18. The second kappa shape index (κ2) is 13.5. The number of nitro groups is 1. The van der Waals surface area contributed by atoms with Crippen molar-refractivity contribution in [2.45, 2.75) is 19.3 Å². The van der Waals surface area contributed by atoms with Gasteiger partial charge in [0.15, 0.2) is 11.5 Å². The molecule has 220 valence electrons. The van der Waals surface area contributed by atoms with Gasteiger partial charge in [0.05, 0.1) is 30.6 Å². The average molecular weight is 595 g/mol. The molecule has 1 heterocycles. The maximum atomic E-state index is 11.3. The van der Waals surface area contributed by atoms with E-state index in [4.69, 9.17) is 25.7 Å². The number of nitrogen functional groups attached to an aromatic ring is 2. The van der Waals surface area contributed by atoms with Crippen molar-refractivity contribution < 1.29 is 27.6 Å². The van der Waals surface area contributed by atoms with Crippen LogP contribution >= 0.6 is 0 Å². The highest BCUT2D eigenvalue weighted by atomic mass is 32.2. The van der Waals surface area contributed by atoms with E-state index in [9.17, 15) is 18.5 Å². The van der Waals surface area contributed by atoms with Crippen LogP contribution in [-0.2, 0) is 16.7 Å². The fraction of sp³-hybridized carbons (Fsp3) is 0.250. The number of nitrogens with two attached hydrogens (primary N) is 2. The summed E-state index contributed by atoms with van der Waals surface area (Å²) in [6.45, 7) is 0.760. The summed E-state index contributed by atoms with van der Waals surface area (Å²) in [5.74, 6) is 1.76. The molecular weight excluding hydrogens is 564 g/mol. The van der Waals surface area contributed by atoms with Gasteiger partial charge in [-0.3, -0.25) is 10.1 Å². The van der Waals surface area contributed by atoms with E-state index in [0.29, 0.717) is 47.9 Å². The predicted molar refractivity (Wildman–Crippen MR) is 160 cm³/mol. The first-order chi connectivity index (χ1) is 20.2. The van der Waals surface area contributed by atoms with Crippen molar-refractivity contribution in [2.75, 3.05) is 43.7 Å². The average Bonchev–Trinajstić information content (AvgIpc) is 2.98. The van der Waals surface area contributed by atoms with E-state index in [1.54, 1.807) is 36.6 Å². The van der Waals surface area contributed by atoms with E-state index in [2.05, 4.69) is 9.97 Å². The molecule has 0 unspecified atom stereocenters. The number of non-ortho nitro benzene ring substituents is 1. The number of ether oxygens (including phenoxy) is 3. The molecule has 4 rings (SSSR count). The topological polar surface area (TPSA) is 186 Å². The zero-order valence-corrected chi connectivity index (χ0v) is 23.8. The van der Waals surface area contributed by atoms with Crippen molar-refractivity contribution in [3.63, 3.8) is 0 Å². The third-order valence-electron chi connectivity index (χ3n) is 6.45. The maximum Gasteiger partial charge on any atom is 0.269 e. The molecule has 0 aliphatic heterocycles. The Labute approximate surface area is 243 Å². The van der Waals surface area contributed by atoms with Gasteiger partial charge in [0.1, 0.15) is 5.82 Å². The number of hydrogen-bond donors (Lipinski definition) is 2. The van der Waals surface area contributed by atoms with E-state index >= 15 is 0 Å². The van der Waals surface area contributed by atoms with Crippen LogP contribution in [0.5, 0.6) is 17.2 Å². The highest BCUT2D eigenvalue weighted by molar-refractivity contribution is 7.73. The molecule has 4 N–H and O–H groups in total. The van der Waals surface area contributed by atoms with Gasteiger partial charge in [-0.25, -0.2) is 4.98 Å². The van der Waals surface area contributed by atoms with E-state index in [1.807, 2.05) is 17.0 Å². The lowest BCUT2D eigenvalue weighted by molar-refractivity contribution is -0.384. The Kier molecular flexibility index (Phi) is 9.60. The lowest BCUT2D eigenvalue weighted by Gasteiger charge is -2.27. The molecule has 3 aromatic rings. The summed E-state index contributed by atoms with van der Waals surface area (Å²) in [6.07, 6.45) is 7.85. The Bertz CT molecular complexity index is 1640. The molecule has 42 heavy (non-hydrogen) atoms. The first-order valence-electron chi connectivity index (χ1n) is 12.8. The molecule has 13 nitrogen and oxygen atoms in total. The van der Waals surface area contributed by atoms with E-state index in [1.165, 1.54) is 26.4 Å². The van der Waals surface area contributed by atoms with Gasteiger partial charge in [-0.15, -0.1) is 0 Å². The molecule has 0 bridgehead atoms. The summed E-state index contributed by atoms with van der Waals surface area (Å²) < 4.78 is 40.0. The summed E-state index contributed by atoms with van der Waals surface area (Å²) in [5.41, 5.74) is 14.6. The summed E-state index contributed by atoms with van der Waals surface area (Å²) in [4.78, 5) is 20.9. The molecule has 0 fully saturated rings. The molecule has 0 amide bonds. The Balaban J connectivity index is 1.50. The molecule has 1 aromatic heterocycles. The van der Waals surface area contributed by atoms with Gasteiger partial charge in [-0.1, -0.05) is 6.08 Å². The molecule has 0 radical (unpaired) electrons. The van der Waals surface area contributed by atoms with Gasteiger partial charge in [-0.2, -0.15) is 13.4 Å².